The van der Waals surface area contributed by atoms with Crippen molar-refractivity contribution in [2.45, 2.75) is 13.0 Å². The summed E-state index contributed by atoms with van der Waals surface area (Å²) < 4.78 is 11.6. The molecule has 2 rings (SSSR count). The van der Waals surface area contributed by atoms with Gasteiger partial charge in [-0.15, -0.1) is 0 Å². The first-order chi connectivity index (χ1) is 10.0. The average Bonchev–Trinajstić information content (AvgIpc) is 2.46. The van der Waals surface area contributed by atoms with E-state index >= 15 is 0 Å². The van der Waals surface area contributed by atoms with Crippen LogP contribution in [0.25, 0.3) is 0 Å². The van der Waals surface area contributed by atoms with Crippen LogP contribution in [0, 0.1) is 11.3 Å². The van der Waals surface area contributed by atoms with Crippen LogP contribution in [0.3, 0.4) is 0 Å². The van der Waals surface area contributed by atoms with Gasteiger partial charge in [0.15, 0.2) is 0 Å². The molecule has 1 atom stereocenters. The Balaban J connectivity index is 2.30. The summed E-state index contributed by atoms with van der Waals surface area (Å²) in [7, 11) is 1.54. The summed E-state index contributed by atoms with van der Waals surface area (Å²) in [4.78, 5) is 0. The summed E-state index contributed by atoms with van der Waals surface area (Å²) in [6, 6.07) is 12.4. The molecule has 4 nitrogen and oxygen atoms in total. The second-order valence-corrected chi connectivity index (χ2v) is 5.32. The van der Waals surface area contributed by atoms with Gasteiger partial charge in [-0.3, -0.25) is 0 Å². The molecule has 0 bridgehead atoms. The van der Waals surface area contributed by atoms with Crippen LogP contribution in [0.5, 0.6) is 17.2 Å². The lowest BCUT2D eigenvalue weighted by Gasteiger charge is -2.11. The van der Waals surface area contributed by atoms with Crippen LogP contribution in [-0.2, 0) is 0 Å². The molecule has 0 spiro atoms. The Hall–Kier alpha value is -2.03. The second-order valence-electron chi connectivity index (χ2n) is 4.47. The Bertz CT molecular complexity index is 692. The monoisotopic (exact) mass is 347 g/mol. The van der Waals surface area contributed by atoms with E-state index < -0.39 is 6.10 Å². The van der Waals surface area contributed by atoms with Crippen LogP contribution in [-0.4, -0.2) is 12.2 Å². The lowest BCUT2D eigenvalue weighted by atomic mass is 10.1. The molecular formula is C16H14BrNO3. The van der Waals surface area contributed by atoms with Gasteiger partial charge in [0.05, 0.1) is 24.8 Å². The third kappa shape index (κ3) is 3.75. The Morgan fingerprint density at radius 3 is 2.43 bits per heavy atom. The van der Waals surface area contributed by atoms with Gasteiger partial charge in [0.25, 0.3) is 0 Å². The zero-order valence-electron chi connectivity index (χ0n) is 11.6. The van der Waals surface area contributed by atoms with Crippen LogP contribution in [0.2, 0.25) is 0 Å². The molecule has 5 heteroatoms. The largest absolute Gasteiger partial charge is 0.497 e. The molecule has 2 aromatic carbocycles. The number of hydrogen-bond acceptors (Lipinski definition) is 4. The first kappa shape index (κ1) is 15.4. The highest BCUT2D eigenvalue weighted by Gasteiger charge is 2.09. The molecule has 108 valence electrons. The number of aliphatic hydroxyl groups excluding tert-OH is 1. The molecule has 1 unspecified atom stereocenters. The Kier molecular flexibility index (Phi) is 4.84. The quantitative estimate of drug-likeness (QED) is 0.901. The molecule has 0 aliphatic rings. The molecule has 0 heterocycles. The van der Waals surface area contributed by atoms with E-state index in [4.69, 9.17) is 14.7 Å². The van der Waals surface area contributed by atoms with Crippen molar-refractivity contribution in [3.8, 4) is 23.3 Å². The number of hydrogen-bond donors (Lipinski definition) is 1. The smallest absolute Gasteiger partial charge is 0.132 e. The lowest BCUT2D eigenvalue weighted by Crippen LogP contribution is -1.94. The minimum atomic E-state index is -0.560. The zero-order chi connectivity index (χ0) is 15.4. The fraction of sp³-hybridized carbons (Fsp3) is 0.188. The molecule has 0 amide bonds. The lowest BCUT2D eigenvalue weighted by molar-refractivity contribution is 0.198. The normalized spacial score (nSPS) is 11.6. The maximum Gasteiger partial charge on any atom is 0.132 e. The van der Waals surface area contributed by atoms with Crippen molar-refractivity contribution in [1.29, 1.82) is 5.26 Å². The molecule has 0 fully saturated rings. The number of benzene rings is 2. The number of rotatable bonds is 4. The molecule has 0 aliphatic heterocycles. The number of halogens is 1. The summed E-state index contributed by atoms with van der Waals surface area (Å²) in [5, 5.41) is 18.6. The third-order valence-corrected chi connectivity index (χ3v) is 3.59. The van der Waals surface area contributed by atoms with E-state index in [1.54, 1.807) is 43.3 Å². The topological polar surface area (TPSA) is 62.5 Å². The van der Waals surface area contributed by atoms with Crippen molar-refractivity contribution < 1.29 is 14.6 Å². The van der Waals surface area contributed by atoms with Crippen molar-refractivity contribution in [1.82, 2.24) is 0 Å². The number of aliphatic hydroxyl groups is 1. The van der Waals surface area contributed by atoms with Crippen molar-refractivity contribution >= 4 is 15.9 Å². The number of methoxy groups -OCH3 is 1. The number of nitriles is 1. The maximum atomic E-state index is 9.60. The van der Waals surface area contributed by atoms with Gasteiger partial charge in [-0.05, 0) is 36.8 Å². The number of nitrogens with zero attached hydrogens (tertiary/aromatic N) is 1. The van der Waals surface area contributed by atoms with Crippen LogP contribution >= 0.6 is 15.9 Å². The van der Waals surface area contributed by atoms with Crippen molar-refractivity contribution in [3.63, 3.8) is 0 Å². The van der Waals surface area contributed by atoms with E-state index in [1.807, 2.05) is 0 Å². The van der Waals surface area contributed by atoms with Gasteiger partial charge in [0, 0.05) is 10.5 Å². The SMILES string of the molecule is COc1cc(C#N)cc(Oc2ccc(C(C)O)c(Br)c2)c1. The first-order valence-electron chi connectivity index (χ1n) is 6.28. The van der Waals surface area contributed by atoms with E-state index in [-0.39, 0.29) is 0 Å². The fourth-order valence-electron chi connectivity index (χ4n) is 1.86. The summed E-state index contributed by atoms with van der Waals surface area (Å²) in [6.07, 6.45) is -0.560. The predicted octanol–water partition coefficient (Wildman–Crippen LogP) is 4.17. The van der Waals surface area contributed by atoms with Crippen LogP contribution in [0.1, 0.15) is 24.2 Å². The van der Waals surface area contributed by atoms with Gasteiger partial charge in [-0.25, -0.2) is 0 Å². The fourth-order valence-corrected chi connectivity index (χ4v) is 2.55. The van der Waals surface area contributed by atoms with Gasteiger partial charge >= 0.3 is 0 Å². The highest BCUT2D eigenvalue weighted by atomic mass is 79.9. The van der Waals surface area contributed by atoms with E-state index in [9.17, 15) is 5.11 Å². The van der Waals surface area contributed by atoms with Gasteiger partial charge in [0.1, 0.15) is 17.2 Å². The number of ether oxygens (including phenoxy) is 2. The standard InChI is InChI=1S/C16H14BrNO3/c1-10(19)15-4-3-12(8-16(15)17)21-14-6-11(9-18)5-13(7-14)20-2/h3-8,10,19H,1-2H3. The van der Waals surface area contributed by atoms with E-state index in [0.717, 1.165) is 10.0 Å². The van der Waals surface area contributed by atoms with Crippen molar-refractivity contribution in [2.75, 3.05) is 7.11 Å². The van der Waals surface area contributed by atoms with Gasteiger partial charge in [0.2, 0.25) is 0 Å². The molecule has 21 heavy (non-hydrogen) atoms. The van der Waals surface area contributed by atoms with E-state index in [1.165, 1.54) is 7.11 Å². The summed E-state index contributed by atoms with van der Waals surface area (Å²) >= 11 is 3.40. The van der Waals surface area contributed by atoms with Crippen LogP contribution in [0.4, 0.5) is 0 Å². The van der Waals surface area contributed by atoms with Gasteiger partial charge in [-0.2, -0.15) is 5.26 Å². The van der Waals surface area contributed by atoms with Gasteiger partial charge < -0.3 is 14.6 Å². The molecule has 2 aromatic rings. The highest BCUT2D eigenvalue weighted by Crippen LogP contribution is 2.31. The van der Waals surface area contributed by atoms with Crippen LogP contribution in [0.15, 0.2) is 40.9 Å². The second kappa shape index (κ2) is 6.61. The molecule has 0 aliphatic carbocycles. The third-order valence-electron chi connectivity index (χ3n) is 2.90. The minimum Gasteiger partial charge on any atom is -0.497 e. The Labute approximate surface area is 131 Å². The molecule has 0 saturated heterocycles. The van der Waals surface area contributed by atoms with E-state index in [2.05, 4.69) is 22.0 Å². The molecule has 0 saturated carbocycles. The highest BCUT2D eigenvalue weighted by molar-refractivity contribution is 9.10. The summed E-state index contributed by atoms with van der Waals surface area (Å²) in [6.45, 7) is 1.70. The molecular weight excluding hydrogens is 334 g/mol. The van der Waals surface area contributed by atoms with Crippen molar-refractivity contribution in [2.24, 2.45) is 0 Å². The summed E-state index contributed by atoms with van der Waals surface area (Å²) in [5.74, 6) is 1.68. The van der Waals surface area contributed by atoms with Gasteiger partial charge in [-0.1, -0.05) is 22.0 Å². The van der Waals surface area contributed by atoms with Crippen LogP contribution < -0.4 is 9.47 Å². The zero-order valence-corrected chi connectivity index (χ0v) is 13.2. The maximum absolute atomic E-state index is 9.60. The Morgan fingerprint density at radius 2 is 1.86 bits per heavy atom. The molecule has 0 radical (unpaired) electrons. The van der Waals surface area contributed by atoms with Crippen molar-refractivity contribution in [3.05, 3.63) is 52.0 Å². The van der Waals surface area contributed by atoms with E-state index in [0.29, 0.717) is 22.8 Å². The molecule has 1 N–H and O–H groups in total. The summed E-state index contributed by atoms with van der Waals surface area (Å²) in [5.41, 5.74) is 1.25. The molecule has 0 aromatic heterocycles. The Morgan fingerprint density at radius 1 is 1.14 bits per heavy atom. The minimum absolute atomic E-state index is 0.462. The average molecular weight is 348 g/mol. The predicted molar refractivity (Wildman–Crippen MR) is 82.6 cm³/mol. The first-order valence-corrected chi connectivity index (χ1v) is 7.07.